The van der Waals surface area contributed by atoms with Crippen LogP contribution in [-0.4, -0.2) is 30.4 Å². The van der Waals surface area contributed by atoms with Gasteiger partial charge in [-0.2, -0.15) is 0 Å². The van der Waals surface area contributed by atoms with Crippen LogP contribution in [0.25, 0.3) is 5.57 Å². The van der Waals surface area contributed by atoms with Gasteiger partial charge in [0.1, 0.15) is 11.6 Å². The number of amides is 1. The highest BCUT2D eigenvalue weighted by atomic mass is 19.1. The molecule has 1 heterocycles. The van der Waals surface area contributed by atoms with E-state index < -0.39 is 17.5 Å². The van der Waals surface area contributed by atoms with E-state index in [1.54, 1.807) is 6.08 Å². The lowest BCUT2D eigenvalue weighted by atomic mass is 9.97. The lowest BCUT2D eigenvalue weighted by Crippen LogP contribution is -2.36. The van der Waals surface area contributed by atoms with Gasteiger partial charge in [0.05, 0.1) is 6.54 Å². The molecule has 0 atom stereocenters. The zero-order valence-corrected chi connectivity index (χ0v) is 10.3. The fourth-order valence-electron chi connectivity index (χ4n) is 2.23. The van der Waals surface area contributed by atoms with Gasteiger partial charge in [-0.25, -0.2) is 8.78 Å². The summed E-state index contributed by atoms with van der Waals surface area (Å²) >= 11 is 0. The lowest BCUT2D eigenvalue weighted by Gasteiger charge is -2.25. The first-order chi connectivity index (χ1) is 8.97. The van der Waals surface area contributed by atoms with Crippen molar-refractivity contribution in [3.8, 4) is 0 Å². The van der Waals surface area contributed by atoms with E-state index in [9.17, 15) is 13.6 Å². The minimum atomic E-state index is -0.689. The van der Waals surface area contributed by atoms with Gasteiger partial charge in [0.25, 0.3) is 0 Å². The Balaban J connectivity index is 2.21. The Morgan fingerprint density at radius 1 is 1.37 bits per heavy atom. The third kappa shape index (κ3) is 3.08. The number of nitrogens with zero attached hydrogens (tertiary/aromatic N) is 1. The summed E-state index contributed by atoms with van der Waals surface area (Å²) in [6, 6.07) is 1.93. The fraction of sp³-hybridized carbons (Fsp3) is 0.308. The Hall–Kier alpha value is -1.95. The number of benzene rings is 1. The van der Waals surface area contributed by atoms with Crippen molar-refractivity contribution in [3.05, 3.63) is 35.4 Å². The molecule has 6 heteroatoms. The number of primary amides is 1. The summed E-state index contributed by atoms with van der Waals surface area (Å²) in [5.74, 6) is -1.75. The molecule has 0 aromatic heterocycles. The van der Waals surface area contributed by atoms with Crippen molar-refractivity contribution >= 4 is 17.2 Å². The number of hydrogen-bond donors (Lipinski definition) is 2. The molecule has 0 saturated carbocycles. The highest BCUT2D eigenvalue weighted by Gasteiger charge is 2.19. The number of halogens is 2. The standard InChI is InChI=1S/C13H15F2N3O/c14-9-5-10(15)13(11(16)6-9)8-1-3-18(4-2-8)7-12(17)19/h1,5-6H,2-4,7,16H2,(H2,17,19). The normalized spacial score (nSPS) is 16.2. The molecule has 1 aromatic carbocycles. The van der Waals surface area contributed by atoms with Crippen molar-refractivity contribution in [3.63, 3.8) is 0 Å². The largest absolute Gasteiger partial charge is 0.398 e. The molecule has 4 N–H and O–H groups in total. The molecule has 0 saturated heterocycles. The summed E-state index contributed by atoms with van der Waals surface area (Å²) in [6.45, 7) is 1.25. The summed E-state index contributed by atoms with van der Waals surface area (Å²) in [5, 5.41) is 0. The molecule has 0 bridgehead atoms. The first-order valence-electron chi connectivity index (χ1n) is 5.92. The topological polar surface area (TPSA) is 72.4 Å². The van der Waals surface area contributed by atoms with E-state index in [0.717, 1.165) is 17.7 Å². The Bertz CT molecular complexity index is 520. The van der Waals surface area contributed by atoms with Crippen LogP contribution in [0.4, 0.5) is 14.5 Å². The molecule has 4 nitrogen and oxygen atoms in total. The van der Waals surface area contributed by atoms with Crippen molar-refractivity contribution in [2.75, 3.05) is 25.4 Å². The third-order valence-corrected chi connectivity index (χ3v) is 3.08. The molecule has 0 radical (unpaired) electrons. The Morgan fingerprint density at radius 2 is 2.11 bits per heavy atom. The first kappa shape index (κ1) is 13.5. The first-order valence-corrected chi connectivity index (χ1v) is 5.92. The van der Waals surface area contributed by atoms with E-state index in [4.69, 9.17) is 11.5 Å². The molecule has 102 valence electrons. The van der Waals surface area contributed by atoms with Crippen LogP contribution in [0.1, 0.15) is 12.0 Å². The summed E-state index contributed by atoms with van der Waals surface area (Å²) < 4.78 is 26.7. The van der Waals surface area contributed by atoms with Crippen LogP contribution in [0.5, 0.6) is 0 Å². The zero-order chi connectivity index (χ0) is 14.0. The Morgan fingerprint density at radius 3 is 2.63 bits per heavy atom. The number of carbonyl (C=O) groups is 1. The predicted octanol–water partition coefficient (Wildman–Crippen LogP) is 1.12. The number of anilines is 1. The number of nitrogens with two attached hydrogens (primary N) is 2. The van der Waals surface area contributed by atoms with E-state index in [-0.39, 0.29) is 17.8 Å². The van der Waals surface area contributed by atoms with Crippen LogP contribution in [0, 0.1) is 11.6 Å². The average molecular weight is 267 g/mol. The predicted molar refractivity (Wildman–Crippen MR) is 69.0 cm³/mol. The molecule has 1 aliphatic heterocycles. The molecular weight excluding hydrogens is 252 g/mol. The number of nitrogen functional groups attached to an aromatic ring is 1. The second-order valence-electron chi connectivity index (χ2n) is 4.53. The molecule has 0 aliphatic carbocycles. The van der Waals surface area contributed by atoms with E-state index >= 15 is 0 Å². The van der Waals surface area contributed by atoms with Crippen molar-refractivity contribution in [2.45, 2.75) is 6.42 Å². The summed E-state index contributed by atoms with van der Waals surface area (Å²) in [6.07, 6.45) is 2.33. The third-order valence-electron chi connectivity index (χ3n) is 3.08. The van der Waals surface area contributed by atoms with Gasteiger partial charge in [-0.15, -0.1) is 0 Å². The molecule has 0 unspecified atom stereocenters. The van der Waals surface area contributed by atoms with Crippen molar-refractivity contribution < 1.29 is 13.6 Å². The molecule has 2 rings (SSSR count). The smallest absolute Gasteiger partial charge is 0.231 e. The van der Waals surface area contributed by atoms with E-state index in [0.29, 0.717) is 19.5 Å². The van der Waals surface area contributed by atoms with E-state index in [1.165, 1.54) is 0 Å². The molecule has 1 aromatic rings. The quantitative estimate of drug-likeness (QED) is 0.806. The van der Waals surface area contributed by atoms with Gasteiger partial charge in [0.15, 0.2) is 0 Å². The van der Waals surface area contributed by atoms with Crippen molar-refractivity contribution in [1.29, 1.82) is 0 Å². The second kappa shape index (κ2) is 5.36. The average Bonchev–Trinajstić information content (AvgIpc) is 2.29. The maximum Gasteiger partial charge on any atom is 0.231 e. The minimum absolute atomic E-state index is 0.0899. The highest BCUT2D eigenvalue weighted by Crippen LogP contribution is 2.30. The van der Waals surface area contributed by atoms with Gasteiger partial charge in [-0.1, -0.05) is 6.08 Å². The summed E-state index contributed by atoms with van der Waals surface area (Å²) in [7, 11) is 0. The Labute approximate surface area is 109 Å². The van der Waals surface area contributed by atoms with Gasteiger partial charge in [-0.3, -0.25) is 9.69 Å². The lowest BCUT2D eigenvalue weighted by molar-refractivity contribution is -0.119. The summed E-state index contributed by atoms with van der Waals surface area (Å²) in [4.78, 5) is 12.7. The SMILES string of the molecule is NC(=O)CN1CC=C(c2c(N)cc(F)cc2F)CC1. The van der Waals surface area contributed by atoms with Crippen LogP contribution >= 0.6 is 0 Å². The van der Waals surface area contributed by atoms with Crippen LogP contribution < -0.4 is 11.5 Å². The monoisotopic (exact) mass is 267 g/mol. The fourth-order valence-corrected chi connectivity index (χ4v) is 2.23. The van der Waals surface area contributed by atoms with Crippen molar-refractivity contribution in [1.82, 2.24) is 4.90 Å². The molecule has 0 fully saturated rings. The van der Waals surface area contributed by atoms with Gasteiger partial charge in [0, 0.05) is 30.4 Å². The number of rotatable bonds is 3. The highest BCUT2D eigenvalue weighted by molar-refractivity contribution is 5.78. The maximum absolute atomic E-state index is 13.8. The van der Waals surface area contributed by atoms with Crippen LogP contribution in [-0.2, 0) is 4.79 Å². The second-order valence-corrected chi connectivity index (χ2v) is 4.53. The summed E-state index contributed by atoms with van der Waals surface area (Å²) in [5.41, 5.74) is 11.8. The van der Waals surface area contributed by atoms with E-state index in [1.807, 2.05) is 4.90 Å². The van der Waals surface area contributed by atoms with Crippen molar-refractivity contribution in [2.24, 2.45) is 5.73 Å². The minimum Gasteiger partial charge on any atom is -0.398 e. The van der Waals surface area contributed by atoms with Crippen LogP contribution in [0.15, 0.2) is 18.2 Å². The zero-order valence-electron chi connectivity index (χ0n) is 10.3. The molecule has 1 aliphatic rings. The Kier molecular flexibility index (Phi) is 3.80. The van der Waals surface area contributed by atoms with E-state index in [2.05, 4.69) is 0 Å². The molecule has 19 heavy (non-hydrogen) atoms. The van der Waals surface area contributed by atoms with Gasteiger partial charge < -0.3 is 11.5 Å². The molecule has 1 amide bonds. The number of carbonyl (C=O) groups excluding carboxylic acids is 1. The van der Waals surface area contributed by atoms with Gasteiger partial charge in [-0.05, 0) is 18.1 Å². The van der Waals surface area contributed by atoms with Gasteiger partial charge in [0.2, 0.25) is 5.91 Å². The molecular formula is C13H15F2N3O. The number of hydrogen-bond acceptors (Lipinski definition) is 3. The van der Waals surface area contributed by atoms with Crippen LogP contribution in [0.3, 0.4) is 0 Å². The van der Waals surface area contributed by atoms with Crippen LogP contribution in [0.2, 0.25) is 0 Å². The maximum atomic E-state index is 13.8. The van der Waals surface area contributed by atoms with Gasteiger partial charge >= 0.3 is 0 Å². The molecule has 0 spiro atoms.